The lowest BCUT2D eigenvalue weighted by Gasteiger charge is -2.31. The Kier molecular flexibility index (Phi) is 5.31. The molecule has 1 saturated heterocycles. The molecule has 0 aromatic heterocycles. The summed E-state index contributed by atoms with van der Waals surface area (Å²) in [6, 6.07) is 0.422. The number of rotatable bonds is 5. The number of hydrogen-bond acceptors (Lipinski definition) is 4. The molecule has 0 spiro atoms. The molecular weight excluding hydrogens is 170 g/mol. The van der Waals surface area contributed by atoms with Gasteiger partial charge in [-0.25, -0.2) is 0 Å². The Hall–Kier alpha value is -0.160. The number of likely N-dealkylation sites (N-methyl/N-ethyl adjacent to an activating group) is 1. The van der Waals surface area contributed by atoms with Crippen LogP contribution in [0, 0.1) is 0 Å². The van der Waals surface area contributed by atoms with Gasteiger partial charge in [0.15, 0.2) is 0 Å². The van der Waals surface area contributed by atoms with Crippen molar-refractivity contribution in [1.82, 2.24) is 5.32 Å². The molecule has 1 N–H and O–H groups in total. The molecule has 1 heterocycles. The predicted octanol–water partition coefficient (Wildman–Crippen LogP) is 0.0263. The molecule has 78 valence electrons. The van der Waals surface area contributed by atoms with Crippen molar-refractivity contribution in [3.63, 3.8) is 0 Å². The fourth-order valence-corrected chi connectivity index (χ4v) is 1.49. The SMILES string of the molecule is CNC1CCOCC1OCCOC. The summed E-state index contributed by atoms with van der Waals surface area (Å²) in [6.45, 7) is 2.81. The monoisotopic (exact) mass is 189 g/mol. The maximum atomic E-state index is 5.61. The molecule has 2 atom stereocenters. The average Bonchev–Trinajstić information content (AvgIpc) is 2.19. The minimum Gasteiger partial charge on any atom is -0.382 e. The van der Waals surface area contributed by atoms with Crippen LogP contribution in [0.5, 0.6) is 0 Å². The van der Waals surface area contributed by atoms with Crippen molar-refractivity contribution >= 4 is 0 Å². The van der Waals surface area contributed by atoms with Crippen molar-refractivity contribution in [2.45, 2.75) is 18.6 Å². The molecular formula is C9H19NO3. The third kappa shape index (κ3) is 3.60. The van der Waals surface area contributed by atoms with E-state index in [0.717, 1.165) is 13.0 Å². The van der Waals surface area contributed by atoms with Gasteiger partial charge in [-0.2, -0.15) is 0 Å². The summed E-state index contributed by atoms with van der Waals surface area (Å²) in [5.41, 5.74) is 0. The first kappa shape index (κ1) is 10.9. The van der Waals surface area contributed by atoms with Gasteiger partial charge in [-0.15, -0.1) is 0 Å². The lowest BCUT2D eigenvalue weighted by atomic mass is 10.1. The van der Waals surface area contributed by atoms with E-state index in [2.05, 4.69) is 5.32 Å². The van der Waals surface area contributed by atoms with Crippen LogP contribution in [-0.2, 0) is 14.2 Å². The van der Waals surface area contributed by atoms with E-state index in [-0.39, 0.29) is 6.10 Å². The normalized spacial score (nSPS) is 29.1. The standard InChI is InChI=1S/C9H19NO3/c1-10-8-3-4-12-7-9(8)13-6-5-11-2/h8-10H,3-7H2,1-2H3. The highest BCUT2D eigenvalue weighted by Crippen LogP contribution is 2.10. The van der Waals surface area contributed by atoms with Crippen LogP contribution in [-0.4, -0.2) is 52.7 Å². The topological polar surface area (TPSA) is 39.7 Å². The average molecular weight is 189 g/mol. The molecule has 0 radical (unpaired) electrons. The summed E-state index contributed by atoms with van der Waals surface area (Å²) in [5.74, 6) is 0. The highest BCUT2D eigenvalue weighted by atomic mass is 16.6. The van der Waals surface area contributed by atoms with Crippen LogP contribution in [0.25, 0.3) is 0 Å². The molecule has 0 amide bonds. The molecule has 0 aromatic rings. The molecule has 1 fully saturated rings. The summed E-state index contributed by atoms with van der Waals surface area (Å²) >= 11 is 0. The molecule has 1 aliphatic heterocycles. The van der Waals surface area contributed by atoms with Crippen molar-refractivity contribution in [1.29, 1.82) is 0 Å². The Labute approximate surface area is 79.5 Å². The molecule has 0 aromatic carbocycles. The fourth-order valence-electron chi connectivity index (χ4n) is 1.49. The molecule has 13 heavy (non-hydrogen) atoms. The molecule has 0 aliphatic carbocycles. The van der Waals surface area contributed by atoms with E-state index in [9.17, 15) is 0 Å². The smallest absolute Gasteiger partial charge is 0.0962 e. The van der Waals surface area contributed by atoms with Gasteiger partial charge < -0.3 is 19.5 Å². The van der Waals surface area contributed by atoms with Crippen molar-refractivity contribution in [3.8, 4) is 0 Å². The predicted molar refractivity (Wildman–Crippen MR) is 49.9 cm³/mol. The van der Waals surface area contributed by atoms with Gasteiger partial charge in [0, 0.05) is 19.8 Å². The summed E-state index contributed by atoms with van der Waals surface area (Å²) in [4.78, 5) is 0. The highest BCUT2D eigenvalue weighted by Gasteiger charge is 2.24. The number of nitrogens with one attached hydrogen (secondary N) is 1. The van der Waals surface area contributed by atoms with Crippen LogP contribution in [0.4, 0.5) is 0 Å². The van der Waals surface area contributed by atoms with Gasteiger partial charge in [0.25, 0.3) is 0 Å². The van der Waals surface area contributed by atoms with Gasteiger partial charge in [0.1, 0.15) is 0 Å². The second kappa shape index (κ2) is 6.32. The Morgan fingerprint density at radius 3 is 3.00 bits per heavy atom. The number of ether oxygens (including phenoxy) is 3. The molecule has 0 bridgehead atoms. The van der Waals surface area contributed by atoms with Crippen LogP contribution in [0.15, 0.2) is 0 Å². The van der Waals surface area contributed by atoms with E-state index in [1.54, 1.807) is 7.11 Å². The van der Waals surface area contributed by atoms with Crippen LogP contribution >= 0.6 is 0 Å². The minimum atomic E-state index is 0.175. The molecule has 4 heteroatoms. The van der Waals surface area contributed by atoms with Crippen LogP contribution in [0.2, 0.25) is 0 Å². The molecule has 1 rings (SSSR count). The zero-order valence-electron chi connectivity index (χ0n) is 8.41. The molecule has 1 aliphatic rings. The maximum Gasteiger partial charge on any atom is 0.0962 e. The van der Waals surface area contributed by atoms with Gasteiger partial charge >= 0.3 is 0 Å². The van der Waals surface area contributed by atoms with Gasteiger partial charge in [-0.05, 0) is 13.5 Å². The highest BCUT2D eigenvalue weighted by molar-refractivity contribution is 4.78. The first-order valence-corrected chi connectivity index (χ1v) is 4.74. The second-order valence-electron chi connectivity index (χ2n) is 3.16. The first-order valence-electron chi connectivity index (χ1n) is 4.74. The van der Waals surface area contributed by atoms with Gasteiger partial charge in [-0.3, -0.25) is 0 Å². The quantitative estimate of drug-likeness (QED) is 0.619. The second-order valence-corrected chi connectivity index (χ2v) is 3.16. The Bertz CT molecular complexity index is 132. The summed E-state index contributed by atoms with van der Waals surface area (Å²) in [6.07, 6.45) is 1.20. The van der Waals surface area contributed by atoms with Crippen molar-refractivity contribution < 1.29 is 14.2 Å². The number of hydrogen-bond donors (Lipinski definition) is 1. The molecule has 4 nitrogen and oxygen atoms in total. The van der Waals surface area contributed by atoms with Crippen molar-refractivity contribution in [3.05, 3.63) is 0 Å². The number of methoxy groups -OCH3 is 1. The molecule has 2 unspecified atom stereocenters. The van der Waals surface area contributed by atoms with E-state index >= 15 is 0 Å². The third-order valence-electron chi connectivity index (χ3n) is 2.29. The van der Waals surface area contributed by atoms with Crippen LogP contribution in [0.3, 0.4) is 0 Å². The Balaban J connectivity index is 2.19. The zero-order valence-corrected chi connectivity index (χ0v) is 8.41. The van der Waals surface area contributed by atoms with Gasteiger partial charge in [0.05, 0.1) is 25.9 Å². The first-order chi connectivity index (χ1) is 6.38. The van der Waals surface area contributed by atoms with Crippen molar-refractivity contribution in [2.75, 3.05) is 40.6 Å². The molecule has 0 saturated carbocycles. The minimum absolute atomic E-state index is 0.175. The van der Waals surface area contributed by atoms with E-state index in [0.29, 0.717) is 25.9 Å². The Morgan fingerprint density at radius 1 is 1.46 bits per heavy atom. The summed E-state index contributed by atoms with van der Waals surface area (Å²) in [5, 5.41) is 3.24. The van der Waals surface area contributed by atoms with E-state index in [4.69, 9.17) is 14.2 Å². The summed E-state index contributed by atoms with van der Waals surface area (Å²) < 4.78 is 15.9. The van der Waals surface area contributed by atoms with Gasteiger partial charge in [0.2, 0.25) is 0 Å². The van der Waals surface area contributed by atoms with Gasteiger partial charge in [-0.1, -0.05) is 0 Å². The van der Waals surface area contributed by atoms with Crippen molar-refractivity contribution in [2.24, 2.45) is 0 Å². The lowest BCUT2D eigenvalue weighted by Crippen LogP contribution is -2.46. The van der Waals surface area contributed by atoms with E-state index in [1.165, 1.54) is 0 Å². The Morgan fingerprint density at radius 2 is 2.31 bits per heavy atom. The van der Waals surface area contributed by atoms with E-state index < -0.39 is 0 Å². The zero-order chi connectivity index (χ0) is 9.52. The van der Waals surface area contributed by atoms with Crippen LogP contribution in [0.1, 0.15) is 6.42 Å². The van der Waals surface area contributed by atoms with Crippen LogP contribution < -0.4 is 5.32 Å². The van der Waals surface area contributed by atoms with E-state index in [1.807, 2.05) is 7.05 Å². The fraction of sp³-hybridized carbons (Fsp3) is 1.00. The maximum absolute atomic E-state index is 5.61. The lowest BCUT2D eigenvalue weighted by molar-refractivity contribution is -0.0770. The summed E-state index contributed by atoms with van der Waals surface area (Å²) in [7, 11) is 3.64. The largest absolute Gasteiger partial charge is 0.382 e. The third-order valence-corrected chi connectivity index (χ3v) is 2.29.